The Balaban J connectivity index is 1.69. The van der Waals surface area contributed by atoms with Crippen LogP contribution in [0.15, 0.2) is 18.2 Å². The van der Waals surface area contributed by atoms with Crippen molar-refractivity contribution in [1.82, 2.24) is 9.80 Å². The summed E-state index contributed by atoms with van der Waals surface area (Å²) >= 11 is 6.06. The molecule has 1 saturated heterocycles. The molecule has 24 heavy (non-hydrogen) atoms. The first-order valence-corrected chi connectivity index (χ1v) is 8.75. The summed E-state index contributed by atoms with van der Waals surface area (Å²) in [7, 11) is 3.51. The van der Waals surface area contributed by atoms with E-state index in [-0.39, 0.29) is 23.7 Å². The van der Waals surface area contributed by atoms with E-state index in [9.17, 15) is 9.59 Å². The molecule has 1 aliphatic carbocycles. The van der Waals surface area contributed by atoms with E-state index in [1.165, 1.54) is 4.90 Å². The standard InChI is InChI=1S/C18H23ClN2O3/c1-20(10-12-9-13(19)7-8-16(12)24-2)11-21-17(22)14-5-3-4-6-15(14)18(21)23/h7-9,14-15H,3-6,10-11H2,1-2H3/t14-,15+. The predicted octanol–water partition coefficient (Wildman–Crippen LogP) is 2.91. The van der Waals surface area contributed by atoms with Gasteiger partial charge < -0.3 is 4.74 Å². The minimum absolute atomic E-state index is 0.00499. The molecule has 5 nitrogen and oxygen atoms in total. The number of amides is 2. The van der Waals surface area contributed by atoms with Gasteiger partial charge in [0.15, 0.2) is 0 Å². The van der Waals surface area contributed by atoms with Crippen LogP contribution in [0.2, 0.25) is 5.02 Å². The first kappa shape index (κ1) is 17.2. The minimum atomic E-state index is -0.0969. The third kappa shape index (κ3) is 3.28. The van der Waals surface area contributed by atoms with Gasteiger partial charge in [-0.2, -0.15) is 0 Å². The van der Waals surface area contributed by atoms with Crippen molar-refractivity contribution in [3.63, 3.8) is 0 Å². The molecule has 0 unspecified atom stereocenters. The molecule has 1 aromatic carbocycles. The van der Waals surface area contributed by atoms with Gasteiger partial charge in [-0.25, -0.2) is 0 Å². The van der Waals surface area contributed by atoms with E-state index in [4.69, 9.17) is 16.3 Å². The highest BCUT2D eigenvalue weighted by Crippen LogP contribution is 2.38. The first-order valence-electron chi connectivity index (χ1n) is 8.37. The minimum Gasteiger partial charge on any atom is -0.496 e. The molecule has 2 amide bonds. The summed E-state index contributed by atoms with van der Waals surface area (Å²) in [4.78, 5) is 28.5. The third-order valence-electron chi connectivity index (χ3n) is 5.00. The van der Waals surface area contributed by atoms with Gasteiger partial charge in [0.25, 0.3) is 0 Å². The second-order valence-corrected chi connectivity index (χ2v) is 7.15. The van der Waals surface area contributed by atoms with Crippen LogP contribution in [0.25, 0.3) is 0 Å². The lowest BCUT2D eigenvalue weighted by molar-refractivity contribution is -0.142. The number of hydrogen-bond acceptors (Lipinski definition) is 4. The number of benzene rings is 1. The zero-order valence-corrected chi connectivity index (χ0v) is 14.9. The Bertz CT molecular complexity index is 625. The fraction of sp³-hybridized carbons (Fsp3) is 0.556. The predicted molar refractivity (Wildman–Crippen MR) is 91.6 cm³/mol. The number of nitrogens with zero attached hydrogens (tertiary/aromatic N) is 2. The number of imide groups is 1. The Morgan fingerprint density at radius 1 is 1.21 bits per heavy atom. The van der Waals surface area contributed by atoms with Crippen molar-refractivity contribution in [3.8, 4) is 5.75 Å². The average Bonchev–Trinajstić information content (AvgIpc) is 2.80. The van der Waals surface area contributed by atoms with E-state index in [2.05, 4.69) is 0 Å². The number of carbonyl (C=O) groups is 2. The molecular formula is C18H23ClN2O3. The second-order valence-electron chi connectivity index (χ2n) is 6.71. The van der Waals surface area contributed by atoms with Crippen LogP contribution in [0.3, 0.4) is 0 Å². The van der Waals surface area contributed by atoms with E-state index in [0.29, 0.717) is 18.2 Å². The molecule has 1 aliphatic heterocycles. The number of hydrogen-bond donors (Lipinski definition) is 0. The molecule has 2 aliphatic rings. The van der Waals surface area contributed by atoms with Crippen LogP contribution >= 0.6 is 11.6 Å². The zero-order chi connectivity index (χ0) is 17.3. The Morgan fingerprint density at radius 3 is 2.42 bits per heavy atom. The van der Waals surface area contributed by atoms with E-state index in [0.717, 1.165) is 37.0 Å². The molecule has 0 bridgehead atoms. The van der Waals surface area contributed by atoms with Crippen molar-refractivity contribution in [3.05, 3.63) is 28.8 Å². The fourth-order valence-corrected chi connectivity index (χ4v) is 4.02. The Hall–Kier alpha value is -1.59. The molecule has 0 N–H and O–H groups in total. The normalized spacial score (nSPS) is 23.8. The molecule has 2 fully saturated rings. The number of fused-ring (bicyclic) bond motifs is 1. The van der Waals surface area contributed by atoms with Crippen molar-refractivity contribution in [2.24, 2.45) is 11.8 Å². The largest absolute Gasteiger partial charge is 0.496 e. The summed E-state index contributed by atoms with van der Waals surface area (Å²) in [5.74, 6) is 0.545. The number of ether oxygens (including phenoxy) is 1. The highest BCUT2D eigenvalue weighted by atomic mass is 35.5. The van der Waals surface area contributed by atoms with Crippen LogP contribution in [0, 0.1) is 11.8 Å². The van der Waals surface area contributed by atoms with Gasteiger partial charge >= 0.3 is 0 Å². The first-order chi connectivity index (χ1) is 11.5. The molecule has 1 aromatic rings. The second kappa shape index (κ2) is 7.11. The summed E-state index contributed by atoms with van der Waals surface area (Å²) in [5.41, 5.74) is 0.934. The van der Waals surface area contributed by atoms with Gasteiger partial charge in [-0.15, -0.1) is 0 Å². The topological polar surface area (TPSA) is 49.9 Å². The highest BCUT2D eigenvalue weighted by molar-refractivity contribution is 6.30. The zero-order valence-electron chi connectivity index (χ0n) is 14.1. The Kier molecular flexibility index (Phi) is 5.11. The molecule has 1 saturated carbocycles. The van der Waals surface area contributed by atoms with Gasteiger partial charge in [-0.3, -0.25) is 19.4 Å². The lowest BCUT2D eigenvalue weighted by atomic mass is 9.81. The van der Waals surface area contributed by atoms with E-state index >= 15 is 0 Å². The number of rotatable bonds is 5. The molecule has 2 atom stereocenters. The monoisotopic (exact) mass is 350 g/mol. The number of likely N-dealkylation sites (tertiary alicyclic amines) is 1. The summed E-state index contributed by atoms with van der Waals surface area (Å²) in [6.45, 7) is 0.858. The van der Waals surface area contributed by atoms with E-state index < -0.39 is 0 Å². The van der Waals surface area contributed by atoms with Crippen molar-refractivity contribution < 1.29 is 14.3 Å². The van der Waals surface area contributed by atoms with E-state index in [1.54, 1.807) is 13.2 Å². The van der Waals surface area contributed by atoms with Crippen LogP contribution in [0.5, 0.6) is 5.75 Å². The number of methoxy groups -OCH3 is 1. The van der Waals surface area contributed by atoms with Gasteiger partial charge in [-0.1, -0.05) is 24.4 Å². The number of carbonyl (C=O) groups excluding carboxylic acids is 2. The quantitative estimate of drug-likeness (QED) is 0.766. The lowest BCUT2D eigenvalue weighted by Crippen LogP contribution is -2.40. The van der Waals surface area contributed by atoms with Crippen LogP contribution in [-0.4, -0.2) is 42.4 Å². The molecule has 1 heterocycles. The Morgan fingerprint density at radius 2 is 1.83 bits per heavy atom. The molecule has 0 radical (unpaired) electrons. The maximum absolute atomic E-state index is 12.5. The smallest absolute Gasteiger partial charge is 0.234 e. The average molecular weight is 351 g/mol. The van der Waals surface area contributed by atoms with Crippen LogP contribution in [0.1, 0.15) is 31.2 Å². The van der Waals surface area contributed by atoms with Crippen LogP contribution in [0.4, 0.5) is 0 Å². The van der Waals surface area contributed by atoms with Gasteiger partial charge in [0.1, 0.15) is 5.75 Å². The molecular weight excluding hydrogens is 328 g/mol. The molecule has 3 rings (SSSR count). The molecule has 6 heteroatoms. The third-order valence-corrected chi connectivity index (χ3v) is 5.23. The van der Waals surface area contributed by atoms with Crippen LogP contribution < -0.4 is 4.74 Å². The molecule has 0 spiro atoms. The van der Waals surface area contributed by atoms with Gasteiger partial charge in [0.05, 0.1) is 25.6 Å². The summed E-state index contributed by atoms with van der Waals surface area (Å²) in [5, 5.41) is 0.638. The van der Waals surface area contributed by atoms with E-state index in [1.807, 2.05) is 24.1 Å². The van der Waals surface area contributed by atoms with Gasteiger partial charge in [-0.05, 0) is 38.1 Å². The van der Waals surface area contributed by atoms with Crippen LogP contribution in [-0.2, 0) is 16.1 Å². The van der Waals surface area contributed by atoms with Crippen molar-refractivity contribution in [1.29, 1.82) is 0 Å². The number of halogens is 1. The summed E-state index contributed by atoms with van der Waals surface area (Å²) in [6.07, 6.45) is 3.78. The SMILES string of the molecule is COc1ccc(Cl)cc1CN(C)CN1C(=O)[C@H]2CCCC[C@H]2C1=O. The fourth-order valence-electron chi connectivity index (χ4n) is 3.82. The maximum atomic E-state index is 12.5. The summed E-state index contributed by atoms with van der Waals surface area (Å²) in [6, 6.07) is 5.46. The maximum Gasteiger partial charge on any atom is 0.234 e. The van der Waals surface area contributed by atoms with Crippen molar-refractivity contribution in [2.45, 2.75) is 32.2 Å². The highest BCUT2D eigenvalue weighted by Gasteiger charge is 2.48. The van der Waals surface area contributed by atoms with Gasteiger partial charge in [0, 0.05) is 17.1 Å². The van der Waals surface area contributed by atoms with Crippen molar-refractivity contribution in [2.75, 3.05) is 20.8 Å². The lowest BCUT2D eigenvalue weighted by Gasteiger charge is -2.24. The van der Waals surface area contributed by atoms with Crippen molar-refractivity contribution >= 4 is 23.4 Å². The molecule has 130 valence electrons. The van der Waals surface area contributed by atoms with Gasteiger partial charge in [0.2, 0.25) is 11.8 Å². The molecule has 0 aromatic heterocycles. The Labute approximate surface area is 147 Å². The summed E-state index contributed by atoms with van der Waals surface area (Å²) < 4.78 is 5.36.